The summed E-state index contributed by atoms with van der Waals surface area (Å²) in [7, 11) is 0. The molecule has 2 aromatic heterocycles. The molecule has 0 unspecified atom stereocenters. The summed E-state index contributed by atoms with van der Waals surface area (Å²) < 4.78 is 7.92. The number of nitrogens with zero attached hydrogens (tertiary/aromatic N) is 4. The zero-order valence-electron chi connectivity index (χ0n) is 35.7. The summed E-state index contributed by atoms with van der Waals surface area (Å²) in [6, 6.07) is 83.8. The normalized spacial score (nSPS) is 11.6. The molecule has 0 aliphatic heterocycles. The second-order valence-corrected chi connectivity index (χ2v) is 24.6. The first-order valence-electron chi connectivity index (χ1n) is 21.8. The molecule has 0 aliphatic rings. The van der Waals surface area contributed by atoms with E-state index < -0.39 is 13.3 Å². The summed E-state index contributed by atoms with van der Waals surface area (Å²) >= 11 is -3.60. The van der Waals surface area contributed by atoms with Gasteiger partial charge in [-0.1, -0.05) is 12.1 Å². The van der Waals surface area contributed by atoms with Crippen LogP contribution in [0.25, 0.3) is 72.8 Å². The summed E-state index contributed by atoms with van der Waals surface area (Å²) in [6.45, 7) is 4.34. The summed E-state index contributed by atoms with van der Waals surface area (Å²) in [5.74, 6) is 1.88. The van der Waals surface area contributed by atoms with Gasteiger partial charge < -0.3 is 0 Å². The zero-order valence-corrected chi connectivity index (χ0v) is 37.8. The molecule has 0 atom stereocenters. The van der Waals surface area contributed by atoms with Crippen molar-refractivity contribution in [2.24, 2.45) is 0 Å². The van der Waals surface area contributed by atoms with Crippen LogP contribution < -0.4 is 17.6 Å². The molecule has 11 aromatic rings. The van der Waals surface area contributed by atoms with E-state index in [0.29, 0.717) is 17.5 Å². The summed E-state index contributed by atoms with van der Waals surface area (Å²) in [5.41, 5.74) is 10.8. The fourth-order valence-corrected chi connectivity index (χ4v) is 19.6. The van der Waals surface area contributed by atoms with E-state index >= 15 is 0 Å². The first-order chi connectivity index (χ1) is 31.5. The van der Waals surface area contributed by atoms with Crippen LogP contribution in [-0.4, -0.2) is 32.8 Å². The van der Waals surface area contributed by atoms with Gasteiger partial charge in [-0.05, 0) is 0 Å². The molecule has 64 heavy (non-hydrogen) atoms. The van der Waals surface area contributed by atoms with Gasteiger partial charge in [0.25, 0.3) is 0 Å². The number of hydrogen-bond acceptors (Lipinski definition) is 3. The van der Waals surface area contributed by atoms with Crippen LogP contribution in [-0.2, 0) is 0 Å². The Labute approximate surface area is 376 Å². The van der Waals surface area contributed by atoms with Gasteiger partial charge in [0.1, 0.15) is 0 Å². The number of rotatable bonds is 9. The van der Waals surface area contributed by atoms with E-state index in [4.69, 9.17) is 15.0 Å². The van der Waals surface area contributed by atoms with E-state index in [0.717, 1.165) is 44.5 Å². The third-order valence-corrected chi connectivity index (χ3v) is 22.5. The molecule has 0 saturated carbocycles. The van der Waals surface area contributed by atoms with Gasteiger partial charge in [-0.2, -0.15) is 0 Å². The average Bonchev–Trinajstić information content (AvgIpc) is 3.68. The molecule has 0 spiro atoms. The first-order valence-corrected chi connectivity index (χ1v) is 26.0. The monoisotopic (exact) mass is 882 g/mol. The molecule has 0 N–H and O–H groups in total. The Hall–Kier alpha value is -7.67. The third-order valence-electron chi connectivity index (χ3n) is 12.5. The summed E-state index contributed by atoms with van der Waals surface area (Å²) in [5, 5.41) is 2.47. The zero-order chi connectivity index (χ0) is 43.0. The maximum atomic E-state index is 5.26. The van der Waals surface area contributed by atoms with Crippen LogP contribution in [0.3, 0.4) is 0 Å². The third kappa shape index (κ3) is 7.02. The molecule has 11 rings (SSSR count). The maximum absolute atomic E-state index is 5.26. The Kier molecular flexibility index (Phi) is 10.1. The van der Waals surface area contributed by atoms with E-state index in [1.807, 2.05) is 36.4 Å². The van der Waals surface area contributed by atoms with Crippen molar-refractivity contribution in [2.75, 3.05) is 0 Å². The van der Waals surface area contributed by atoms with Gasteiger partial charge in [-0.3, -0.25) is 0 Å². The standard InChI is InChI=1S/C59H44GeN4/c1-41-31-33-55-53(35-41)54-36-42(2)32-34-56(54)64(55)52-39-46(37-47(40-52)59-62-57(43-19-8-3-9-20-43)61-58(63-59)44-21-10-4-11-22-44)45-23-18-30-51(38-45)60(48-24-12-5-13-25-48,49-26-14-6-15-27-49)50-28-16-7-17-29-50/h3-40H,1-2H3. The number of fused-ring (bicyclic) bond motifs is 3. The minimum atomic E-state index is -3.60. The van der Waals surface area contributed by atoms with Crippen LogP contribution in [0.4, 0.5) is 0 Å². The minimum absolute atomic E-state index is 0.615. The van der Waals surface area contributed by atoms with Gasteiger partial charge in [-0.25, -0.2) is 0 Å². The number of hydrogen-bond donors (Lipinski definition) is 0. The Morgan fingerprint density at radius 3 is 1.17 bits per heavy atom. The van der Waals surface area contributed by atoms with Crippen molar-refractivity contribution in [1.82, 2.24) is 19.5 Å². The fourth-order valence-electron chi connectivity index (χ4n) is 9.50. The predicted octanol–water partition coefficient (Wildman–Crippen LogP) is 11.6. The molecule has 0 radical (unpaired) electrons. The molecule has 0 bridgehead atoms. The quantitative estimate of drug-likeness (QED) is 0.136. The molecule has 0 amide bonds. The number of benzene rings is 9. The van der Waals surface area contributed by atoms with Crippen molar-refractivity contribution in [3.63, 3.8) is 0 Å². The van der Waals surface area contributed by atoms with E-state index in [1.54, 1.807) is 0 Å². The topological polar surface area (TPSA) is 43.6 Å². The van der Waals surface area contributed by atoms with Crippen molar-refractivity contribution in [3.05, 3.63) is 242 Å². The van der Waals surface area contributed by atoms with Gasteiger partial charge in [0.05, 0.1) is 0 Å². The van der Waals surface area contributed by atoms with Crippen molar-refractivity contribution >= 4 is 52.7 Å². The Balaban J connectivity index is 1.20. The van der Waals surface area contributed by atoms with Crippen molar-refractivity contribution in [3.8, 4) is 51.0 Å². The Bertz CT molecular complexity index is 3230. The first kappa shape index (κ1) is 39.2. The fraction of sp³-hybridized carbons (Fsp3) is 0.0339. The summed E-state index contributed by atoms with van der Waals surface area (Å²) in [6.07, 6.45) is 0. The average molecular weight is 882 g/mol. The second kappa shape index (κ2) is 16.6. The van der Waals surface area contributed by atoms with Gasteiger partial charge in [0.2, 0.25) is 0 Å². The summed E-state index contributed by atoms with van der Waals surface area (Å²) in [4.78, 5) is 15.6. The van der Waals surface area contributed by atoms with Crippen LogP contribution >= 0.6 is 0 Å². The van der Waals surface area contributed by atoms with Gasteiger partial charge in [-0.15, -0.1) is 0 Å². The molecule has 0 saturated heterocycles. The Morgan fingerprint density at radius 1 is 0.312 bits per heavy atom. The van der Waals surface area contributed by atoms with Crippen LogP contribution in [0.15, 0.2) is 231 Å². The molecule has 0 aliphatic carbocycles. The van der Waals surface area contributed by atoms with Gasteiger partial charge in [0, 0.05) is 0 Å². The van der Waals surface area contributed by atoms with Crippen molar-refractivity contribution < 1.29 is 0 Å². The van der Waals surface area contributed by atoms with Crippen LogP contribution in [0, 0.1) is 13.8 Å². The van der Waals surface area contributed by atoms with E-state index in [9.17, 15) is 0 Å². The van der Waals surface area contributed by atoms with Gasteiger partial charge >= 0.3 is 367 Å². The molecular weight excluding hydrogens is 837 g/mol. The predicted molar refractivity (Wildman–Crippen MR) is 269 cm³/mol. The van der Waals surface area contributed by atoms with E-state index in [2.05, 4.69) is 213 Å². The molecule has 4 nitrogen and oxygen atoms in total. The molecule has 9 aromatic carbocycles. The van der Waals surface area contributed by atoms with Gasteiger partial charge in [0.15, 0.2) is 0 Å². The number of aryl methyl sites for hydroxylation is 2. The molecule has 2 heterocycles. The second-order valence-electron chi connectivity index (χ2n) is 16.6. The SMILES string of the molecule is Cc1ccc2c(c1)c1cc(C)ccc1n2-c1cc(-c2ccc[c]([Ge]([c]3ccccc3)([c]3ccccc3)[c]3ccccc3)c2)cc(-c2nc(-c3ccccc3)nc(-c3ccccc3)n2)c1. The molecule has 5 heteroatoms. The molecular formula is C59H44GeN4. The van der Waals surface area contributed by atoms with Crippen molar-refractivity contribution in [2.45, 2.75) is 13.8 Å². The van der Waals surface area contributed by atoms with E-state index in [-0.39, 0.29) is 0 Å². The van der Waals surface area contributed by atoms with Crippen LogP contribution in [0.5, 0.6) is 0 Å². The Morgan fingerprint density at radius 2 is 0.703 bits per heavy atom. The number of aromatic nitrogens is 4. The van der Waals surface area contributed by atoms with E-state index in [1.165, 1.54) is 39.5 Å². The van der Waals surface area contributed by atoms with Crippen molar-refractivity contribution in [1.29, 1.82) is 0 Å². The van der Waals surface area contributed by atoms with Crippen LogP contribution in [0.1, 0.15) is 11.1 Å². The molecule has 304 valence electrons. The van der Waals surface area contributed by atoms with Crippen LogP contribution in [0.2, 0.25) is 0 Å². The molecule has 0 fully saturated rings.